The van der Waals surface area contributed by atoms with Gasteiger partial charge in [-0.3, -0.25) is 4.79 Å². The summed E-state index contributed by atoms with van der Waals surface area (Å²) in [5.41, 5.74) is 9.02. The Morgan fingerprint density at radius 3 is 3.06 bits per heavy atom. The smallest absolute Gasteiger partial charge is 0.221 e. The van der Waals surface area contributed by atoms with Gasteiger partial charge in [-0.25, -0.2) is 0 Å². The summed E-state index contributed by atoms with van der Waals surface area (Å²) in [6, 6.07) is 6.06. The third kappa shape index (κ3) is 2.58. The Kier molecular flexibility index (Phi) is 3.64. The van der Waals surface area contributed by atoms with E-state index in [4.69, 9.17) is 5.73 Å². The number of hydrogen-bond donors (Lipinski definition) is 2. The zero-order valence-electron chi connectivity index (χ0n) is 10.2. The fourth-order valence-electron chi connectivity index (χ4n) is 2.40. The average molecular weight is 233 g/mol. The van der Waals surface area contributed by atoms with Crippen molar-refractivity contribution in [2.45, 2.75) is 19.8 Å². The van der Waals surface area contributed by atoms with Crippen LogP contribution in [-0.2, 0) is 11.2 Å². The van der Waals surface area contributed by atoms with E-state index in [0.29, 0.717) is 6.54 Å². The Morgan fingerprint density at radius 2 is 2.35 bits per heavy atom. The van der Waals surface area contributed by atoms with Gasteiger partial charge in [-0.2, -0.15) is 0 Å². The van der Waals surface area contributed by atoms with Crippen LogP contribution in [0.1, 0.15) is 18.9 Å². The molecule has 1 heterocycles. The quantitative estimate of drug-likeness (QED) is 0.828. The number of carbonyl (C=O) groups excluding carboxylic acids is 1. The molecule has 4 nitrogen and oxygen atoms in total. The highest BCUT2D eigenvalue weighted by Gasteiger charge is 2.18. The van der Waals surface area contributed by atoms with Crippen molar-refractivity contribution in [3.8, 4) is 0 Å². The molecule has 0 fully saturated rings. The topological polar surface area (TPSA) is 58.4 Å². The van der Waals surface area contributed by atoms with Crippen molar-refractivity contribution in [1.82, 2.24) is 0 Å². The first-order chi connectivity index (χ1) is 8.22. The zero-order chi connectivity index (χ0) is 12.3. The minimum Gasteiger partial charge on any atom is -0.370 e. The van der Waals surface area contributed by atoms with E-state index in [0.717, 1.165) is 31.6 Å². The Balaban J connectivity index is 2.33. The van der Waals surface area contributed by atoms with Gasteiger partial charge in [-0.15, -0.1) is 0 Å². The lowest BCUT2D eigenvalue weighted by molar-refractivity contribution is -0.114. The predicted molar refractivity (Wildman–Crippen MR) is 70.3 cm³/mol. The van der Waals surface area contributed by atoms with Crippen LogP contribution in [0.15, 0.2) is 18.2 Å². The Bertz CT molecular complexity index is 417. The van der Waals surface area contributed by atoms with Crippen LogP contribution in [0.5, 0.6) is 0 Å². The number of nitrogens with two attached hydrogens (primary N) is 1. The fraction of sp³-hybridized carbons (Fsp3) is 0.462. The highest BCUT2D eigenvalue weighted by Crippen LogP contribution is 2.32. The minimum absolute atomic E-state index is 0.0191. The van der Waals surface area contributed by atoms with Crippen LogP contribution in [0, 0.1) is 0 Å². The molecule has 1 aliphatic heterocycles. The molecule has 0 aliphatic carbocycles. The minimum atomic E-state index is -0.0191. The highest BCUT2D eigenvalue weighted by molar-refractivity contribution is 5.90. The molecule has 4 heteroatoms. The molecule has 0 saturated heterocycles. The van der Waals surface area contributed by atoms with Gasteiger partial charge in [0.25, 0.3) is 0 Å². The van der Waals surface area contributed by atoms with Gasteiger partial charge >= 0.3 is 0 Å². The van der Waals surface area contributed by atoms with Crippen LogP contribution >= 0.6 is 0 Å². The van der Waals surface area contributed by atoms with E-state index in [1.165, 1.54) is 11.3 Å². The van der Waals surface area contributed by atoms with Crippen LogP contribution in [0.2, 0.25) is 0 Å². The van der Waals surface area contributed by atoms with Crippen molar-refractivity contribution in [2.75, 3.05) is 29.9 Å². The molecule has 0 atom stereocenters. The van der Waals surface area contributed by atoms with E-state index in [1.54, 1.807) is 6.92 Å². The molecule has 3 N–H and O–H groups in total. The van der Waals surface area contributed by atoms with E-state index in [1.807, 2.05) is 12.1 Å². The predicted octanol–water partition coefficient (Wildman–Crippen LogP) is 1.36. The number of anilines is 2. The third-order valence-electron chi connectivity index (χ3n) is 3.06. The van der Waals surface area contributed by atoms with E-state index in [9.17, 15) is 4.79 Å². The van der Waals surface area contributed by atoms with Gasteiger partial charge in [0.1, 0.15) is 0 Å². The molecule has 0 unspecified atom stereocenters. The maximum Gasteiger partial charge on any atom is 0.221 e. The van der Waals surface area contributed by atoms with Crippen molar-refractivity contribution in [2.24, 2.45) is 5.73 Å². The molecule has 0 spiro atoms. The second-order valence-corrected chi connectivity index (χ2v) is 4.36. The zero-order valence-corrected chi connectivity index (χ0v) is 10.2. The van der Waals surface area contributed by atoms with Crippen molar-refractivity contribution >= 4 is 17.3 Å². The van der Waals surface area contributed by atoms with Crippen molar-refractivity contribution < 1.29 is 4.79 Å². The van der Waals surface area contributed by atoms with Gasteiger partial charge in [-0.05, 0) is 30.5 Å². The van der Waals surface area contributed by atoms with Crippen molar-refractivity contribution in [3.63, 3.8) is 0 Å². The first-order valence-electron chi connectivity index (χ1n) is 6.07. The van der Waals surface area contributed by atoms with Crippen LogP contribution in [0.3, 0.4) is 0 Å². The van der Waals surface area contributed by atoms with Gasteiger partial charge in [0.15, 0.2) is 0 Å². The van der Waals surface area contributed by atoms with E-state index >= 15 is 0 Å². The maximum absolute atomic E-state index is 11.2. The average Bonchev–Trinajstić information content (AvgIpc) is 2.30. The number of amides is 1. The summed E-state index contributed by atoms with van der Waals surface area (Å²) in [7, 11) is 0. The van der Waals surface area contributed by atoms with Crippen LogP contribution < -0.4 is 16.0 Å². The SMILES string of the molecule is CC(=O)Nc1cccc2c1CCCN2CCN. The number of hydrogen-bond acceptors (Lipinski definition) is 3. The fourth-order valence-corrected chi connectivity index (χ4v) is 2.40. The highest BCUT2D eigenvalue weighted by atomic mass is 16.1. The summed E-state index contributed by atoms with van der Waals surface area (Å²) < 4.78 is 0. The molecule has 1 aliphatic rings. The number of nitrogens with zero attached hydrogens (tertiary/aromatic N) is 1. The molecular weight excluding hydrogens is 214 g/mol. The van der Waals surface area contributed by atoms with Crippen LogP contribution in [0.4, 0.5) is 11.4 Å². The largest absolute Gasteiger partial charge is 0.370 e. The second-order valence-electron chi connectivity index (χ2n) is 4.36. The van der Waals surface area contributed by atoms with Gasteiger partial charge in [0.05, 0.1) is 0 Å². The molecule has 0 radical (unpaired) electrons. The summed E-state index contributed by atoms with van der Waals surface area (Å²) in [4.78, 5) is 13.5. The van der Waals surface area contributed by atoms with Crippen molar-refractivity contribution in [1.29, 1.82) is 0 Å². The van der Waals surface area contributed by atoms with Gasteiger partial charge < -0.3 is 16.0 Å². The molecule has 17 heavy (non-hydrogen) atoms. The maximum atomic E-state index is 11.2. The lowest BCUT2D eigenvalue weighted by Gasteiger charge is -2.32. The van der Waals surface area contributed by atoms with Crippen LogP contribution in [0.25, 0.3) is 0 Å². The standard InChI is InChI=1S/C13H19N3O/c1-10(17)15-12-5-2-6-13-11(12)4-3-8-16(13)9-7-14/h2,5-6H,3-4,7-9,14H2,1H3,(H,15,17). The summed E-state index contributed by atoms with van der Waals surface area (Å²) in [5, 5.41) is 2.90. The van der Waals surface area contributed by atoms with Gasteiger partial charge in [0, 0.05) is 37.9 Å². The first kappa shape index (κ1) is 11.9. The first-order valence-corrected chi connectivity index (χ1v) is 6.07. The normalized spacial score (nSPS) is 14.4. The molecule has 1 aromatic rings. The summed E-state index contributed by atoms with van der Waals surface area (Å²) in [6.45, 7) is 4.12. The number of fused-ring (bicyclic) bond motifs is 1. The second kappa shape index (κ2) is 5.19. The Labute approximate surface area is 102 Å². The summed E-state index contributed by atoms with van der Waals surface area (Å²) in [6.07, 6.45) is 2.14. The third-order valence-corrected chi connectivity index (χ3v) is 3.06. The molecule has 1 aromatic carbocycles. The molecule has 1 amide bonds. The molecule has 0 saturated carbocycles. The summed E-state index contributed by atoms with van der Waals surface area (Å²) >= 11 is 0. The Hall–Kier alpha value is -1.55. The van der Waals surface area contributed by atoms with Crippen LogP contribution in [-0.4, -0.2) is 25.5 Å². The van der Waals surface area contributed by atoms with E-state index in [-0.39, 0.29) is 5.91 Å². The number of carbonyl (C=O) groups is 1. The number of nitrogens with one attached hydrogen (secondary N) is 1. The van der Waals surface area contributed by atoms with E-state index < -0.39 is 0 Å². The van der Waals surface area contributed by atoms with Gasteiger partial charge in [-0.1, -0.05) is 6.07 Å². The number of rotatable bonds is 3. The van der Waals surface area contributed by atoms with Crippen molar-refractivity contribution in [3.05, 3.63) is 23.8 Å². The van der Waals surface area contributed by atoms with Gasteiger partial charge in [0.2, 0.25) is 5.91 Å². The molecular formula is C13H19N3O. The lowest BCUT2D eigenvalue weighted by Crippen LogP contribution is -2.34. The molecule has 0 aromatic heterocycles. The Morgan fingerprint density at radius 1 is 1.53 bits per heavy atom. The van der Waals surface area contributed by atoms with E-state index in [2.05, 4.69) is 16.3 Å². The molecule has 0 bridgehead atoms. The summed E-state index contributed by atoms with van der Waals surface area (Å²) in [5.74, 6) is -0.0191. The number of benzene rings is 1. The molecule has 2 rings (SSSR count). The monoisotopic (exact) mass is 233 g/mol. The lowest BCUT2D eigenvalue weighted by atomic mass is 9.99. The molecule has 92 valence electrons.